The van der Waals surface area contributed by atoms with Crippen molar-refractivity contribution in [1.29, 1.82) is 0 Å². The first-order valence-electron chi connectivity index (χ1n) is 8.73. The highest BCUT2D eigenvalue weighted by molar-refractivity contribution is 6.99. The first kappa shape index (κ1) is 19.4. The molecule has 0 amide bonds. The lowest BCUT2D eigenvalue weighted by atomic mass is 10.2. The molecule has 0 unspecified atom stereocenters. The van der Waals surface area contributed by atoms with E-state index in [9.17, 15) is 4.79 Å². The summed E-state index contributed by atoms with van der Waals surface area (Å²) >= 11 is 0. The van der Waals surface area contributed by atoms with Crippen molar-refractivity contribution in [3.8, 4) is 0 Å². The molecule has 4 heteroatoms. The molecule has 0 bridgehead atoms. The number of hydrogen-bond acceptors (Lipinski definition) is 3. The quantitative estimate of drug-likeness (QED) is 0.433. The van der Waals surface area contributed by atoms with Gasteiger partial charge in [-0.15, -0.1) is 0 Å². The standard InChI is InChI=1S/C21H28O3Si/c1-21(2,3)25(18-12-7-5-8-13-18,19-14-9-6-10-15-19)24-17-11-16-20(22)23-4/h5-10,12-15H,11,16-17H2,1-4H3. The van der Waals surface area contributed by atoms with E-state index in [0.717, 1.165) is 0 Å². The molecule has 2 aromatic rings. The number of carbonyl (C=O) groups is 1. The molecule has 0 saturated heterocycles. The zero-order chi connectivity index (χ0) is 18.3. The van der Waals surface area contributed by atoms with E-state index in [2.05, 4.69) is 69.3 Å². The molecule has 134 valence electrons. The predicted octanol–water partition coefficient (Wildman–Crippen LogP) is 3.52. The van der Waals surface area contributed by atoms with Crippen molar-refractivity contribution >= 4 is 24.7 Å². The minimum atomic E-state index is -2.48. The van der Waals surface area contributed by atoms with E-state index < -0.39 is 8.32 Å². The molecular formula is C21H28O3Si. The number of methoxy groups -OCH3 is 1. The third kappa shape index (κ3) is 4.38. The number of carbonyl (C=O) groups excluding carboxylic acids is 1. The molecule has 0 fully saturated rings. The summed E-state index contributed by atoms with van der Waals surface area (Å²) in [5.41, 5.74) is 0. The summed E-state index contributed by atoms with van der Waals surface area (Å²) in [7, 11) is -1.06. The van der Waals surface area contributed by atoms with Gasteiger partial charge in [0.1, 0.15) is 0 Å². The van der Waals surface area contributed by atoms with Gasteiger partial charge in [0.25, 0.3) is 8.32 Å². The maximum absolute atomic E-state index is 11.4. The molecule has 2 rings (SSSR count). The second kappa shape index (κ2) is 8.45. The van der Waals surface area contributed by atoms with E-state index >= 15 is 0 Å². The van der Waals surface area contributed by atoms with Crippen LogP contribution in [0, 0.1) is 0 Å². The normalized spacial score (nSPS) is 12.0. The summed E-state index contributed by atoms with van der Waals surface area (Å²) in [6, 6.07) is 21.0. The fourth-order valence-corrected chi connectivity index (χ4v) is 7.91. The van der Waals surface area contributed by atoms with Crippen LogP contribution in [0.2, 0.25) is 5.04 Å². The first-order chi connectivity index (χ1) is 11.9. The molecule has 0 radical (unpaired) electrons. The second-order valence-corrected chi connectivity index (χ2v) is 11.5. The molecule has 0 heterocycles. The maximum atomic E-state index is 11.4. The van der Waals surface area contributed by atoms with Crippen molar-refractivity contribution in [3.05, 3.63) is 60.7 Å². The van der Waals surface area contributed by atoms with Crippen LogP contribution in [0.15, 0.2) is 60.7 Å². The fraction of sp³-hybridized carbons (Fsp3) is 0.381. The van der Waals surface area contributed by atoms with Crippen molar-refractivity contribution < 1.29 is 14.0 Å². The molecule has 2 aromatic carbocycles. The predicted molar refractivity (Wildman–Crippen MR) is 105 cm³/mol. The molecule has 0 aromatic heterocycles. The zero-order valence-corrected chi connectivity index (χ0v) is 16.6. The summed E-state index contributed by atoms with van der Waals surface area (Å²) in [6.45, 7) is 7.29. The monoisotopic (exact) mass is 356 g/mol. The first-order valence-corrected chi connectivity index (χ1v) is 10.6. The molecular weight excluding hydrogens is 328 g/mol. The van der Waals surface area contributed by atoms with Gasteiger partial charge in [0.2, 0.25) is 0 Å². The number of hydrogen-bond donors (Lipinski definition) is 0. The van der Waals surface area contributed by atoms with Crippen molar-refractivity contribution in [2.45, 2.75) is 38.7 Å². The lowest BCUT2D eigenvalue weighted by molar-refractivity contribution is -0.140. The molecule has 0 aliphatic rings. The van der Waals surface area contributed by atoms with E-state index in [4.69, 9.17) is 9.16 Å². The lowest BCUT2D eigenvalue weighted by Crippen LogP contribution is -2.66. The van der Waals surface area contributed by atoms with Gasteiger partial charge in [-0.3, -0.25) is 4.79 Å². The molecule has 25 heavy (non-hydrogen) atoms. The Balaban J connectivity index is 2.40. The Morgan fingerprint density at radius 3 is 1.80 bits per heavy atom. The smallest absolute Gasteiger partial charge is 0.305 e. The lowest BCUT2D eigenvalue weighted by Gasteiger charge is -2.43. The molecule has 0 aliphatic carbocycles. The van der Waals surface area contributed by atoms with Gasteiger partial charge in [-0.2, -0.15) is 0 Å². The molecule has 0 saturated carbocycles. The largest absolute Gasteiger partial charge is 0.469 e. The highest BCUT2D eigenvalue weighted by Crippen LogP contribution is 2.36. The Bertz CT molecular complexity index is 623. The summed E-state index contributed by atoms with van der Waals surface area (Å²) < 4.78 is 11.4. The van der Waals surface area contributed by atoms with Gasteiger partial charge in [-0.1, -0.05) is 81.4 Å². The van der Waals surface area contributed by atoms with Crippen molar-refractivity contribution in [2.75, 3.05) is 13.7 Å². The van der Waals surface area contributed by atoms with Crippen molar-refractivity contribution in [2.24, 2.45) is 0 Å². The Kier molecular flexibility index (Phi) is 6.56. The van der Waals surface area contributed by atoms with Gasteiger partial charge < -0.3 is 9.16 Å². The van der Waals surface area contributed by atoms with Crippen LogP contribution in [0.1, 0.15) is 33.6 Å². The van der Waals surface area contributed by atoms with Crippen molar-refractivity contribution in [1.82, 2.24) is 0 Å². The van der Waals surface area contributed by atoms with Gasteiger partial charge in [-0.25, -0.2) is 0 Å². The Hall–Kier alpha value is -1.91. The van der Waals surface area contributed by atoms with Crippen LogP contribution in [0.25, 0.3) is 0 Å². The molecule has 0 spiro atoms. The molecule has 3 nitrogen and oxygen atoms in total. The number of ether oxygens (including phenoxy) is 1. The average molecular weight is 357 g/mol. The van der Waals surface area contributed by atoms with Gasteiger partial charge in [0, 0.05) is 13.0 Å². The van der Waals surface area contributed by atoms with Gasteiger partial charge in [0.05, 0.1) is 7.11 Å². The highest BCUT2D eigenvalue weighted by Gasteiger charge is 2.49. The topological polar surface area (TPSA) is 35.5 Å². The van der Waals surface area contributed by atoms with E-state index in [1.54, 1.807) is 0 Å². The van der Waals surface area contributed by atoms with Crippen LogP contribution in [0.4, 0.5) is 0 Å². The van der Waals surface area contributed by atoms with E-state index in [0.29, 0.717) is 19.4 Å². The van der Waals surface area contributed by atoms with Crippen LogP contribution in [-0.2, 0) is 14.0 Å². The van der Waals surface area contributed by atoms with Crippen LogP contribution in [0.5, 0.6) is 0 Å². The summed E-state index contributed by atoms with van der Waals surface area (Å²) in [6.07, 6.45) is 1.05. The molecule has 0 aliphatic heterocycles. The van der Waals surface area contributed by atoms with Crippen LogP contribution >= 0.6 is 0 Å². The van der Waals surface area contributed by atoms with Gasteiger partial charge in [-0.05, 0) is 21.8 Å². The third-order valence-electron chi connectivity index (χ3n) is 4.49. The summed E-state index contributed by atoms with van der Waals surface area (Å²) in [5.74, 6) is -0.189. The SMILES string of the molecule is COC(=O)CCCO[Si](c1ccccc1)(c1ccccc1)C(C)(C)C. The number of rotatable bonds is 7. The number of esters is 1. The Morgan fingerprint density at radius 2 is 1.40 bits per heavy atom. The zero-order valence-electron chi connectivity index (χ0n) is 15.6. The molecule has 0 atom stereocenters. The van der Waals surface area contributed by atoms with Crippen LogP contribution in [-0.4, -0.2) is 28.0 Å². The van der Waals surface area contributed by atoms with Crippen molar-refractivity contribution in [3.63, 3.8) is 0 Å². The minimum Gasteiger partial charge on any atom is -0.469 e. The third-order valence-corrected chi connectivity index (χ3v) is 9.53. The average Bonchev–Trinajstić information content (AvgIpc) is 2.62. The van der Waals surface area contributed by atoms with Crippen LogP contribution in [0.3, 0.4) is 0 Å². The second-order valence-electron chi connectivity index (χ2n) is 7.19. The highest BCUT2D eigenvalue weighted by atomic mass is 28.4. The summed E-state index contributed by atoms with van der Waals surface area (Å²) in [4.78, 5) is 11.4. The maximum Gasteiger partial charge on any atom is 0.305 e. The number of benzene rings is 2. The van der Waals surface area contributed by atoms with E-state index in [-0.39, 0.29) is 11.0 Å². The molecule has 0 N–H and O–H groups in total. The fourth-order valence-electron chi connectivity index (χ4n) is 3.31. The Labute approximate surface area is 152 Å². The van der Waals surface area contributed by atoms with Gasteiger partial charge in [0.15, 0.2) is 0 Å². The summed E-state index contributed by atoms with van der Waals surface area (Å²) in [5, 5.41) is 2.47. The van der Waals surface area contributed by atoms with Crippen LogP contribution < -0.4 is 10.4 Å². The Morgan fingerprint density at radius 1 is 0.920 bits per heavy atom. The van der Waals surface area contributed by atoms with Gasteiger partial charge >= 0.3 is 5.97 Å². The van der Waals surface area contributed by atoms with E-state index in [1.165, 1.54) is 17.5 Å². The van der Waals surface area contributed by atoms with E-state index in [1.807, 2.05) is 12.1 Å². The minimum absolute atomic E-state index is 0.0407.